The SMILES string of the molecule is Cc1nc2nc3ccn(Cc4cccnc4)c(=O)c3c(-c3ccc(F)cc3)n2n1. The molecule has 0 aliphatic heterocycles. The number of fused-ring (bicyclic) bond motifs is 2. The van der Waals surface area contributed by atoms with E-state index in [-0.39, 0.29) is 11.4 Å². The van der Waals surface area contributed by atoms with Crippen LogP contribution in [-0.2, 0) is 6.54 Å². The number of aryl methyl sites for hydroxylation is 1. The van der Waals surface area contributed by atoms with Gasteiger partial charge < -0.3 is 4.57 Å². The molecular weight excluding hydrogens is 371 g/mol. The first-order valence-corrected chi connectivity index (χ1v) is 9.01. The molecule has 4 aromatic heterocycles. The summed E-state index contributed by atoms with van der Waals surface area (Å²) in [6, 6.07) is 11.5. The molecule has 5 aromatic rings. The maximum absolute atomic E-state index is 13.5. The van der Waals surface area contributed by atoms with Crippen molar-refractivity contribution in [2.45, 2.75) is 13.5 Å². The second kappa shape index (κ2) is 6.59. The topological polar surface area (TPSA) is 78.0 Å². The van der Waals surface area contributed by atoms with Crippen molar-refractivity contribution in [1.29, 1.82) is 0 Å². The molecule has 1 aromatic carbocycles. The van der Waals surface area contributed by atoms with Crippen molar-refractivity contribution in [3.05, 3.63) is 88.6 Å². The lowest BCUT2D eigenvalue weighted by Crippen LogP contribution is -2.22. The fraction of sp³-hybridized carbons (Fsp3) is 0.0952. The molecule has 142 valence electrons. The van der Waals surface area contributed by atoms with Gasteiger partial charge in [0.05, 0.1) is 23.1 Å². The minimum atomic E-state index is -0.355. The Bertz CT molecular complexity index is 1410. The zero-order valence-corrected chi connectivity index (χ0v) is 15.5. The molecule has 4 heterocycles. The summed E-state index contributed by atoms with van der Waals surface area (Å²) in [5.74, 6) is 0.567. The van der Waals surface area contributed by atoms with Gasteiger partial charge in [-0.05, 0) is 48.9 Å². The molecule has 0 saturated carbocycles. The summed E-state index contributed by atoms with van der Waals surface area (Å²) < 4.78 is 16.6. The van der Waals surface area contributed by atoms with E-state index >= 15 is 0 Å². The Balaban J connectivity index is 1.83. The van der Waals surface area contributed by atoms with Crippen LogP contribution in [0.3, 0.4) is 0 Å². The third-order valence-electron chi connectivity index (χ3n) is 4.70. The molecule has 7 nitrogen and oxygen atoms in total. The molecule has 0 aliphatic rings. The van der Waals surface area contributed by atoms with Crippen LogP contribution in [0.25, 0.3) is 27.9 Å². The van der Waals surface area contributed by atoms with Gasteiger partial charge >= 0.3 is 0 Å². The minimum Gasteiger partial charge on any atom is -0.310 e. The third kappa shape index (κ3) is 2.94. The van der Waals surface area contributed by atoms with Crippen LogP contribution in [-0.4, -0.2) is 29.1 Å². The van der Waals surface area contributed by atoms with Crippen molar-refractivity contribution in [3.8, 4) is 11.3 Å². The van der Waals surface area contributed by atoms with E-state index < -0.39 is 0 Å². The van der Waals surface area contributed by atoms with Gasteiger partial charge in [0.15, 0.2) is 0 Å². The predicted octanol–water partition coefficient (Wildman–Crippen LogP) is 3.00. The normalized spacial score (nSPS) is 11.4. The molecule has 0 unspecified atom stereocenters. The standard InChI is InChI=1S/C21H15FN6O/c1-13-24-21-25-17-8-10-27(12-14-3-2-9-23-11-14)20(29)18(17)19(28(21)26-13)15-4-6-16(22)7-5-15/h2-11H,12H2,1H3. The van der Waals surface area contributed by atoms with Gasteiger partial charge in [0.2, 0.25) is 0 Å². The van der Waals surface area contributed by atoms with Crippen LogP contribution in [0.15, 0.2) is 65.8 Å². The lowest BCUT2D eigenvalue weighted by Gasteiger charge is -2.11. The van der Waals surface area contributed by atoms with Gasteiger partial charge in [-0.25, -0.2) is 9.37 Å². The number of pyridine rings is 2. The average molecular weight is 386 g/mol. The summed E-state index contributed by atoms with van der Waals surface area (Å²) in [7, 11) is 0. The Morgan fingerprint density at radius 1 is 1.07 bits per heavy atom. The van der Waals surface area contributed by atoms with Crippen LogP contribution in [0.1, 0.15) is 11.4 Å². The molecular formula is C21H15FN6O. The van der Waals surface area contributed by atoms with Crippen molar-refractivity contribution >= 4 is 16.7 Å². The highest BCUT2D eigenvalue weighted by Crippen LogP contribution is 2.26. The van der Waals surface area contributed by atoms with Gasteiger partial charge in [-0.15, -0.1) is 5.10 Å². The quantitative estimate of drug-likeness (QED) is 0.476. The second-order valence-corrected chi connectivity index (χ2v) is 6.71. The fourth-order valence-corrected chi connectivity index (χ4v) is 3.41. The van der Waals surface area contributed by atoms with Crippen LogP contribution < -0.4 is 5.56 Å². The van der Waals surface area contributed by atoms with Crippen LogP contribution in [0.5, 0.6) is 0 Å². The minimum absolute atomic E-state index is 0.215. The van der Waals surface area contributed by atoms with Gasteiger partial charge in [-0.1, -0.05) is 6.07 Å². The van der Waals surface area contributed by atoms with Gasteiger partial charge in [-0.3, -0.25) is 9.78 Å². The van der Waals surface area contributed by atoms with E-state index in [9.17, 15) is 9.18 Å². The van der Waals surface area contributed by atoms with Crippen LogP contribution in [0, 0.1) is 12.7 Å². The highest BCUT2D eigenvalue weighted by molar-refractivity contribution is 5.93. The fourth-order valence-electron chi connectivity index (χ4n) is 3.41. The summed E-state index contributed by atoms with van der Waals surface area (Å²) in [6.45, 7) is 2.13. The smallest absolute Gasteiger partial charge is 0.262 e. The summed E-state index contributed by atoms with van der Waals surface area (Å²) in [5, 5.41) is 4.81. The third-order valence-corrected chi connectivity index (χ3v) is 4.70. The molecule has 0 saturated heterocycles. The summed E-state index contributed by atoms with van der Waals surface area (Å²) in [4.78, 5) is 26.4. The molecule has 0 N–H and O–H groups in total. The van der Waals surface area contributed by atoms with E-state index in [0.717, 1.165) is 5.56 Å². The van der Waals surface area contributed by atoms with E-state index in [4.69, 9.17) is 0 Å². The highest BCUT2D eigenvalue weighted by atomic mass is 19.1. The molecule has 29 heavy (non-hydrogen) atoms. The van der Waals surface area contributed by atoms with Gasteiger partial charge in [0.25, 0.3) is 11.3 Å². The van der Waals surface area contributed by atoms with E-state index in [1.54, 1.807) is 52.8 Å². The van der Waals surface area contributed by atoms with Crippen LogP contribution in [0.4, 0.5) is 4.39 Å². The van der Waals surface area contributed by atoms with E-state index in [1.807, 2.05) is 12.1 Å². The molecule has 0 spiro atoms. The molecule has 0 bridgehead atoms. The van der Waals surface area contributed by atoms with Crippen molar-refractivity contribution in [1.82, 2.24) is 29.1 Å². The van der Waals surface area contributed by atoms with Crippen molar-refractivity contribution in [2.24, 2.45) is 0 Å². The maximum atomic E-state index is 13.5. The lowest BCUT2D eigenvalue weighted by atomic mass is 10.1. The molecule has 0 aliphatic carbocycles. The van der Waals surface area contributed by atoms with Gasteiger partial charge in [0, 0.05) is 24.2 Å². The average Bonchev–Trinajstić information content (AvgIpc) is 3.10. The number of hydrogen-bond acceptors (Lipinski definition) is 5. The molecule has 0 radical (unpaired) electrons. The van der Waals surface area contributed by atoms with Gasteiger partial charge in [-0.2, -0.15) is 9.50 Å². The predicted molar refractivity (Wildman–Crippen MR) is 106 cm³/mol. The largest absolute Gasteiger partial charge is 0.310 e. The molecule has 0 atom stereocenters. The summed E-state index contributed by atoms with van der Waals surface area (Å²) in [5.41, 5.74) is 2.40. The lowest BCUT2D eigenvalue weighted by molar-refractivity contribution is 0.628. The first-order valence-electron chi connectivity index (χ1n) is 9.01. The monoisotopic (exact) mass is 386 g/mol. The number of benzene rings is 1. The number of hydrogen-bond donors (Lipinski definition) is 0. The highest BCUT2D eigenvalue weighted by Gasteiger charge is 2.18. The maximum Gasteiger partial charge on any atom is 0.262 e. The van der Waals surface area contributed by atoms with Crippen LogP contribution in [0.2, 0.25) is 0 Å². The Morgan fingerprint density at radius 3 is 2.66 bits per heavy atom. The zero-order chi connectivity index (χ0) is 20.0. The van der Waals surface area contributed by atoms with E-state index in [0.29, 0.717) is 40.3 Å². The number of aromatic nitrogens is 6. The van der Waals surface area contributed by atoms with Crippen molar-refractivity contribution < 1.29 is 4.39 Å². The van der Waals surface area contributed by atoms with E-state index in [2.05, 4.69) is 20.1 Å². The first kappa shape index (κ1) is 17.2. The Morgan fingerprint density at radius 2 is 1.90 bits per heavy atom. The Hall–Kier alpha value is -3.94. The van der Waals surface area contributed by atoms with Crippen molar-refractivity contribution in [2.75, 3.05) is 0 Å². The second-order valence-electron chi connectivity index (χ2n) is 6.71. The van der Waals surface area contributed by atoms with Gasteiger partial charge in [0.1, 0.15) is 11.6 Å². The Kier molecular flexibility index (Phi) is 3.90. The molecule has 0 fully saturated rings. The molecule has 8 heteroatoms. The summed E-state index contributed by atoms with van der Waals surface area (Å²) >= 11 is 0. The number of halogens is 1. The van der Waals surface area contributed by atoms with Crippen molar-refractivity contribution in [3.63, 3.8) is 0 Å². The zero-order valence-electron chi connectivity index (χ0n) is 15.5. The van der Waals surface area contributed by atoms with E-state index in [1.165, 1.54) is 12.1 Å². The number of nitrogens with zero attached hydrogens (tertiary/aromatic N) is 6. The summed E-state index contributed by atoms with van der Waals surface area (Å²) in [6.07, 6.45) is 5.12. The number of rotatable bonds is 3. The first-order chi connectivity index (χ1) is 14.1. The molecule has 5 rings (SSSR count). The Labute approximate surface area is 164 Å². The van der Waals surface area contributed by atoms with Crippen LogP contribution >= 0.6 is 0 Å². The molecule has 0 amide bonds.